The number of oxazole rings is 1. The Hall–Kier alpha value is -2.18. The Morgan fingerprint density at radius 1 is 1.43 bits per heavy atom. The maximum Gasteiger partial charge on any atom is 0.360 e. The van der Waals surface area contributed by atoms with E-state index in [1.165, 1.54) is 7.11 Å². The molecule has 0 N–H and O–H groups in total. The second-order valence-electron chi connectivity index (χ2n) is 5.76. The fourth-order valence-corrected chi connectivity index (χ4v) is 1.92. The van der Waals surface area contributed by atoms with E-state index < -0.39 is 5.97 Å². The van der Waals surface area contributed by atoms with E-state index in [9.17, 15) is 4.79 Å². The molecule has 7 nitrogen and oxygen atoms in total. The summed E-state index contributed by atoms with van der Waals surface area (Å²) in [5, 5.41) is 7.87. The number of hydrogen-bond acceptors (Lipinski definition) is 6. The standard InChI is InChI=1S/C14H20N4O3/c1-6-9-12(13(19)20-5)16-17-18(9)8-11-15-7-10(21-11)14(2,3)4/h7H,6,8H2,1-5H3. The number of esters is 1. The predicted molar refractivity (Wildman–Crippen MR) is 75.0 cm³/mol. The first-order valence-corrected chi connectivity index (χ1v) is 6.82. The molecular formula is C14H20N4O3. The second-order valence-corrected chi connectivity index (χ2v) is 5.76. The van der Waals surface area contributed by atoms with Gasteiger partial charge in [0.1, 0.15) is 12.3 Å². The molecule has 0 radical (unpaired) electrons. The Kier molecular flexibility index (Phi) is 4.11. The minimum absolute atomic E-state index is 0.0988. The van der Waals surface area contributed by atoms with Crippen molar-refractivity contribution in [1.82, 2.24) is 20.0 Å². The van der Waals surface area contributed by atoms with Crippen LogP contribution in [0.5, 0.6) is 0 Å². The van der Waals surface area contributed by atoms with Gasteiger partial charge >= 0.3 is 5.97 Å². The molecule has 0 fully saturated rings. The topological polar surface area (TPSA) is 83.0 Å². The van der Waals surface area contributed by atoms with Crippen LogP contribution in [0, 0.1) is 0 Å². The molecule has 2 aromatic heterocycles. The molecule has 2 heterocycles. The lowest BCUT2D eigenvalue weighted by molar-refractivity contribution is 0.0592. The highest BCUT2D eigenvalue weighted by molar-refractivity contribution is 5.88. The molecule has 0 aromatic carbocycles. The zero-order valence-electron chi connectivity index (χ0n) is 13.0. The molecule has 114 valence electrons. The van der Waals surface area contributed by atoms with E-state index in [0.717, 1.165) is 5.76 Å². The van der Waals surface area contributed by atoms with Crippen LogP contribution in [0.15, 0.2) is 10.6 Å². The Bertz CT molecular complexity index is 637. The Morgan fingerprint density at radius 2 is 2.14 bits per heavy atom. The minimum atomic E-state index is -0.485. The van der Waals surface area contributed by atoms with Crippen LogP contribution in [0.1, 0.15) is 55.5 Å². The molecule has 0 spiro atoms. The lowest BCUT2D eigenvalue weighted by Gasteiger charge is -2.13. The average molecular weight is 292 g/mol. The van der Waals surface area contributed by atoms with Crippen LogP contribution in [0.2, 0.25) is 0 Å². The summed E-state index contributed by atoms with van der Waals surface area (Å²) in [7, 11) is 1.32. The molecule has 0 aliphatic rings. The third kappa shape index (κ3) is 3.12. The minimum Gasteiger partial charge on any atom is -0.464 e. The zero-order chi connectivity index (χ0) is 15.6. The van der Waals surface area contributed by atoms with Crippen molar-refractivity contribution in [3.63, 3.8) is 0 Å². The van der Waals surface area contributed by atoms with Crippen molar-refractivity contribution >= 4 is 5.97 Å². The van der Waals surface area contributed by atoms with Crippen molar-refractivity contribution in [3.8, 4) is 0 Å². The van der Waals surface area contributed by atoms with E-state index in [0.29, 0.717) is 24.6 Å². The summed E-state index contributed by atoms with van der Waals surface area (Å²) in [4.78, 5) is 15.9. The average Bonchev–Trinajstić information content (AvgIpc) is 3.04. The molecule has 0 unspecified atom stereocenters. The molecule has 0 saturated heterocycles. The van der Waals surface area contributed by atoms with Crippen LogP contribution in [-0.4, -0.2) is 33.1 Å². The van der Waals surface area contributed by atoms with Crippen molar-refractivity contribution in [2.24, 2.45) is 0 Å². The van der Waals surface area contributed by atoms with Crippen molar-refractivity contribution in [1.29, 1.82) is 0 Å². The van der Waals surface area contributed by atoms with Gasteiger partial charge in [-0.1, -0.05) is 32.9 Å². The van der Waals surface area contributed by atoms with Crippen LogP contribution in [0.25, 0.3) is 0 Å². The van der Waals surface area contributed by atoms with E-state index >= 15 is 0 Å². The molecule has 7 heteroatoms. The van der Waals surface area contributed by atoms with Gasteiger partial charge in [0.15, 0.2) is 5.69 Å². The fraction of sp³-hybridized carbons (Fsp3) is 0.571. The molecule has 0 amide bonds. The number of nitrogens with zero attached hydrogens (tertiary/aromatic N) is 4. The summed E-state index contributed by atoms with van der Waals surface area (Å²) in [6, 6.07) is 0. The first-order chi connectivity index (χ1) is 9.86. The summed E-state index contributed by atoms with van der Waals surface area (Å²) in [6.45, 7) is 8.43. The van der Waals surface area contributed by atoms with E-state index in [1.54, 1.807) is 10.9 Å². The molecule has 0 saturated carbocycles. The maximum absolute atomic E-state index is 11.6. The van der Waals surface area contributed by atoms with Crippen molar-refractivity contribution in [2.75, 3.05) is 7.11 Å². The number of rotatable bonds is 4. The summed E-state index contributed by atoms with van der Waals surface area (Å²) >= 11 is 0. The van der Waals surface area contributed by atoms with Gasteiger partial charge in [0, 0.05) is 5.41 Å². The van der Waals surface area contributed by atoms with Crippen LogP contribution in [0.4, 0.5) is 0 Å². The first kappa shape index (κ1) is 15.2. The van der Waals surface area contributed by atoms with Gasteiger partial charge in [-0.15, -0.1) is 5.10 Å². The lowest BCUT2D eigenvalue weighted by atomic mass is 9.94. The number of hydrogen-bond donors (Lipinski definition) is 0. The summed E-state index contributed by atoms with van der Waals surface area (Å²) in [5.74, 6) is 0.862. The Morgan fingerprint density at radius 3 is 2.67 bits per heavy atom. The van der Waals surface area contributed by atoms with Gasteiger partial charge in [-0.25, -0.2) is 14.5 Å². The highest BCUT2D eigenvalue weighted by Crippen LogP contribution is 2.23. The largest absolute Gasteiger partial charge is 0.464 e. The molecule has 0 atom stereocenters. The molecule has 2 aromatic rings. The summed E-state index contributed by atoms with van der Waals surface area (Å²) < 4.78 is 12.0. The molecule has 21 heavy (non-hydrogen) atoms. The first-order valence-electron chi connectivity index (χ1n) is 6.82. The highest BCUT2D eigenvalue weighted by Gasteiger charge is 2.22. The maximum atomic E-state index is 11.6. The van der Waals surface area contributed by atoms with Gasteiger partial charge in [0.05, 0.1) is 19.0 Å². The van der Waals surface area contributed by atoms with Gasteiger partial charge in [-0.05, 0) is 6.42 Å². The number of aromatic nitrogens is 4. The van der Waals surface area contributed by atoms with Crippen LogP contribution in [-0.2, 0) is 23.1 Å². The van der Waals surface area contributed by atoms with E-state index in [1.807, 2.05) is 6.92 Å². The number of methoxy groups -OCH3 is 1. The van der Waals surface area contributed by atoms with Crippen molar-refractivity contribution < 1.29 is 13.9 Å². The smallest absolute Gasteiger partial charge is 0.360 e. The van der Waals surface area contributed by atoms with Gasteiger partial charge in [0.2, 0.25) is 5.89 Å². The van der Waals surface area contributed by atoms with Crippen LogP contribution < -0.4 is 0 Å². The van der Waals surface area contributed by atoms with Gasteiger partial charge < -0.3 is 9.15 Å². The Labute approximate surface area is 123 Å². The second kappa shape index (κ2) is 5.67. The Balaban J connectivity index is 2.26. The van der Waals surface area contributed by atoms with E-state index in [2.05, 4.69) is 36.1 Å². The highest BCUT2D eigenvalue weighted by atomic mass is 16.5. The van der Waals surface area contributed by atoms with Crippen LogP contribution >= 0.6 is 0 Å². The molecule has 2 rings (SSSR count). The number of ether oxygens (including phenoxy) is 1. The predicted octanol–water partition coefficient (Wildman–Crippen LogP) is 1.96. The number of carbonyl (C=O) groups excluding carboxylic acids is 1. The van der Waals surface area contributed by atoms with Gasteiger partial charge in [0.25, 0.3) is 0 Å². The third-order valence-corrected chi connectivity index (χ3v) is 3.13. The molecule has 0 bridgehead atoms. The fourth-order valence-electron chi connectivity index (χ4n) is 1.92. The van der Waals surface area contributed by atoms with Crippen molar-refractivity contribution in [3.05, 3.63) is 29.2 Å². The zero-order valence-corrected chi connectivity index (χ0v) is 13.0. The monoisotopic (exact) mass is 292 g/mol. The van der Waals surface area contributed by atoms with Gasteiger partial charge in [-0.2, -0.15) is 0 Å². The van der Waals surface area contributed by atoms with Gasteiger partial charge in [-0.3, -0.25) is 0 Å². The molecular weight excluding hydrogens is 272 g/mol. The van der Waals surface area contributed by atoms with Crippen molar-refractivity contribution in [2.45, 2.75) is 46.1 Å². The summed E-state index contributed by atoms with van der Waals surface area (Å²) in [5.41, 5.74) is 0.846. The quantitative estimate of drug-likeness (QED) is 0.801. The third-order valence-electron chi connectivity index (χ3n) is 3.13. The SMILES string of the molecule is CCc1c(C(=O)OC)nnn1Cc1ncc(C(C)(C)C)o1. The number of carbonyl (C=O) groups is 1. The molecule has 0 aliphatic carbocycles. The van der Waals surface area contributed by atoms with Crippen LogP contribution in [0.3, 0.4) is 0 Å². The summed E-state index contributed by atoms with van der Waals surface area (Å²) in [6.07, 6.45) is 2.34. The van der Waals surface area contributed by atoms with E-state index in [-0.39, 0.29) is 11.1 Å². The molecule has 0 aliphatic heterocycles. The van der Waals surface area contributed by atoms with E-state index in [4.69, 9.17) is 9.15 Å². The lowest BCUT2D eigenvalue weighted by Crippen LogP contribution is -2.10. The normalized spacial score (nSPS) is 11.7.